The van der Waals surface area contributed by atoms with Gasteiger partial charge in [0, 0.05) is 11.4 Å². The summed E-state index contributed by atoms with van der Waals surface area (Å²) >= 11 is 1.44. The number of hydrogen-bond donors (Lipinski definition) is 2. The number of carbonyl (C=O) groups excluding carboxylic acids is 3. The number of thioether (sulfide) groups is 1. The predicted molar refractivity (Wildman–Crippen MR) is 84.0 cm³/mol. The topological polar surface area (TPSA) is 84.5 Å². The van der Waals surface area contributed by atoms with Gasteiger partial charge in [-0.3, -0.25) is 9.59 Å². The van der Waals surface area contributed by atoms with Crippen LogP contribution in [-0.2, 0) is 14.3 Å². The molecule has 0 bridgehead atoms. The number of ether oxygens (including phenoxy) is 1. The highest BCUT2D eigenvalue weighted by Crippen LogP contribution is 2.35. The summed E-state index contributed by atoms with van der Waals surface area (Å²) in [5, 5.41) is 5.21. The Hall–Kier alpha value is -2.02. The first-order valence-electron chi connectivity index (χ1n) is 7.06. The number of anilines is 1. The van der Waals surface area contributed by atoms with E-state index in [0.29, 0.717) is 17.8 Å². The number of esters is 1. The molecule has 0 radical (unpaired) electrons. The summed E-state index contributed by atoms with van der Waals surface area (Å²) in [6.07, 6.45) is 0.820. The van der Waals surface area contributed by atoms with Crippen LogP contribution in [0.5, 0.6) is 0 Å². The lowest BCUT2D eigenvalue weighted by molar-refractivity contribution is -0.124. The van der Waals surface area contributed by atoms with Crippen LogP contribution in [0, 0.1) is 0 Å². The minimum atomic E-state index is -0.590. The number of carbonyl (C=O) groups is 3. The van der Waals surface area contributed by atoms with Crippen LogP contribution in [0.15, 0.2) is 23.1 Å². The van der Waals surface area contributed by atoms with Gasteiger partial charge in [-0.1, -0.05) is 6.92 Å². The molecule has 2 amide bonds. The molecule has 1 aromatic rings. The van der Waals surface area contributed by atoms with Crippen LogP contribution >= 0.6 is 11.8 Å². The minimum absolute atomic E-state index is 0.0954. The molecule has 0 saturated heterocycles. The average Bonchev–Trinajstić information content (AvgIpc) is 2.51. The zero-order chi connectivity index (χ0) is 16.1. The lowest BCUT2D eigenvalue weighted by Gasteiger charge is -2.21. The average molecular weight is 322 g/mol. The monoisotopic (exact) mass is 322 g/mol. The van der Waals surface area contributed by atoms with Crippen LogP contribution in [0.2, 0.25) is 0 Å². The van der Waals surface area contributed by atoms with Gasteiger partial charge >= 0.3 is 5.97 Å². The number of benzene rings is 1. The zero-order valence-corrected chi connectivity index (χ0v) is 13.3. The number of amides is 2. The lowest BCUT2D eigenvalue weighted by atomic mass is 10.2. The fraction of sp³-hybridized carbons (Fsp3) is 0.400. The highest BCUT2D eigenvalue weighted by molar-refractivity contribution is 8.00. The maximum Gasteiger partial charge on any atom is 0.338 e. The molecular weight excluding hydrogens is 304 g/mol. The summed E-state index contributed by atoms with van der Waals surface area (Å²) in [5.41, 5.74) is 0.899. The molecule has 6 nitrogen and oxygen atoms in total. The fourth-order valence-corrected chi connectivity index (χ4v) is 2.80. The summed E-state index contributed by atoms with van der Waals surface area (Å²) in [6, 6.07) is 4.96. The minimum Gasteiger partial charge on any atom is -0.452 e. The zero-order valence-electron chi connectivity index (χ0n) is 12.5. The second-order valence-electron chi connectivity index (χ2n) is 4.89. The molecule has 1 aliphatic heterocycles. The third-order valence-electron chi connectivity index (χ3n) is 3.05. The largest absolute Gasteiger partial charge is 0.452 e. The van der Waals surface area contributed by atoms with Gasteiger partial charge in [0.1, 0.15) is 0 Å². The Morgan fingerprint density at radius 3 is 2.91 bits per heavy atom. The molecule has 0 saturated carbocycles. The highest BCUT2D eigenvalue weighted by Gasteiger charge is 2.24. The van der Waals surface area contributed by atoms with Crippen molar-refractivity contribution in [2.75, 3.05) is 18.5 Å². The molecule has 0 spiro atoms. The van der Waals surface area contributed by atoms with E-state index in [4.69, 9.17) is 4.74 Å². The first kappa shape index (κ1) is 16.4. The van der Waals surface area contributed by atoms with Crippen LogP contribution in [0.1, 0.15) is 30.6 Å². The summed E-state index contributed by atoms with van der Waals surface area (Å²) in [4.78, 5) is 35.9. The van der Waals surface area contributed by atoms with Gasteiger partial charge in [0.15, 0.2) is 6.61 Å². The number of hydrogen-bond acceptors (Lipinski definition) is 5. The van der Waals surface area contributed by atoms with E-state index in [9.17, 15) is 14.4 Å². The molecule has 2 rings (SSSR count). The molecule has 0 aliphatic carbocycles. The summed E-state index contributed by atoms with van der Waals surface area (Å²) in [6.45, 7) is 4.00. The van der Waals surface area contributed by atoms with Gasteiger partial charge in [0.05, 0.1) is 16.5 Å². The number of nitrogens with one attached hydrogen (secondary N) is 2. The van der Waals surface area contributed by atoms with Crippen molar-refractivity contribution in [3.05, 3.63) is 23.8 Å². The molecule has 0 aromatic heterocycles. The predicted octanol–water partition coefficient (Wildman–Crippen LogP) is 1.80. The second kappa shape index (κ2) is 7.31. The van der Waals surface area contributed by atoms with Crippen LogP contribution in [-0.4, -0.2) is 36.2 Å². The lowest BCUT2D eigenvalue weighted by Crippen LogP contribution is -2.29. The first-order valence-corrected chi connectivity index (χ1v) is 7.94. The Kier molecular flexibility index (Phi) is 5.43. The van der Waals surface area contributed by atoms with Crippen LogP contribution < -0.4 is 10.6 Å². The molecular formula is C15H18N2O4S. The Morgan fingerprint density at radius 2 is 2.18 bits per heavy atom. The van der Waals surface area contributed by atoms with Crippen molar-refractivity contribution >= 4 is 35.2 Å². The van der Waals surface area contributed by atoms with E-state index < -0.39 is 5.97 Å². The van der Waals surface area contributed by atoms with E-state index in [-0.39, 0.29) is 23.7 Å². The second-order valence-corrected chi connectivity index (χ2v) is 6.27. The molecule has 118 valence electrons. The summed E-state index contributed by atoms with van der Waals surface area (Å²) in [5.74, 6) is -1.01. The Labute approximate surface area is 133 Å². The molecule has 1 aliphatic rings. The Balaban J connectivity index is 1.98. The van der Waals surface area contributed by atoms with Gasteiger partial charge in [-0.05, 0) is 31.5 Å². The Bertz CT molecular complexity index is 603. The van der Waals surface area contributed by atoms with Gasteiger partial charge in [-0.15, -0.1) is 11.8 Å². The highest BCUT2D eigenvalue weighted by atomic mass is 32.2. The molecule has 1 aromatic carbocycles. The first-order chi connectivity index (χ1) is 10.5. The molecule has 1 unspecified atom stereocenters. The molecule has 1 atom stereocenters. The van der Waals surface area contributed by atoms with Crippen LogP contribution in [0.25, 0.3) is 0 Å². The van der Waals surface area contributed by atoms with Crippen molar-refractivity contribution in [2.45, 2.75) is 30.4 Å². The molecule has 22 heavy (non-hydrogen) atoms. The van der Waals surface area contributed by atoms with Gasteiger partial charge in [-0.2, -0.15) is 0 Å². The van der Waals surface area contributed by atoms with Gasteiger partial charge in [0.2, 0.25) is 5.91 Å². The van der Waals surface area contributed by atoms with E-state index in [2.05, 4.69) is 10.6 Å². The normalized spacial score (nSPS) is 16.5. The number of fused-ring (bicyclic) bond motifs is 1. The van der Waals surface area contributed by atoms with E-state index in [0.717, 1.165) is 11.3 Å². The quantitative estimate of drug-likeness (QED) is 0.808. The van der Waals surface area contributed by atoms with Gasteiger partial charge < -0.3 is 15.4 Å². The molecule has 0 fully saturated rings. The van der Waals surface area contributed by atoms with Crippen LogP contribution in [0.4, 0.5) is 5.69 Å². The third-order valence-corrected chi connectivity index (χ3v) is 4.23. The maximum atomic E-state index is 11.9. The molecule has 1 heterocycles. The Morgan fingerprint density at radius 1 is 1.41 bits per heavy atom. The van der Waals surface area contributed by atoms with Crippen molar-refractivity contribution in [1.82, 2.24) is 5.32 Å². The van der Waals surface area contributed by atoms with Crippen molar-refractivity contribution in [1.29, 1.82) is 0 Å². The van der Waals surface area contributed by atoms with E-state index in [1.165, 1.54) is 11.8 Å². The third kappa shape index (κ3) is 4.00. The van der Waals surface area contributed by atoms with Crippen molar-refractivity contribution < 1.29 is 19.1 Å². The SMILES string of the molecule is CCCNC(=O)COC(=O)c1ccc2c(c1)NC(=O)C(C)S2. The van der Waals surface area contributed by atoms with E-state index in [1.54, 1.807) is 18.2 Å². The standard InChI is InChI=1S/C15H18N2O4S/c1-3-6-16-13(18)8-21-15(20)10-4-5-12-11(7-10)17-14(19)9(2)22-12/h4-5,7,9H,3,6,8H2,1-2H3,(H,16,18)(H,17,19). The van der Waals surface area contributed by atoms with Gasteiger partial charge in [-0.25, -0.2) is 4.79 Å². The van der Waals surface area contributed by atoms with Crippen LogP contribution in [0.3, 0.4) is 0 Å². The summed E-state index contributed by atoms with van der Waals surface area (Å²) in [7, 11) is 0. The van der Waals surface area contributed by atoms with Gasteiger partial charge in [0.25, 0.3) is 5.91 Å². The molecule has 7 heteroatoms. The van der Waals surface area contributed by atoms with Crippen molar-refractivity contribution in [3.8, 4) is 0 Å². The fourth-order valence-electron chi connectivity index (χ4n) is 1.87. The van der Waals surface area contributed by atoms with Crippen molar-refractivity contribution in [3.63, 3.8) is 0 Å². The van der Waals surface area contributed by atoms with Crippen molar-refractivity contribution in [2.24, 2.45) is 0 Å². The molecule has 2 N–H and O–H groups in total. The van der Waals surface area contributed by atoms with E-state index in [1.807, 2.05) is 13.8 Å². The smallest absolute Gasteiger partial charge is 0.338 e. The summed E-state index contributed by atoms with van der Waals surface area (Å²) < 4.78 is 4.96. The van der Waals surface area contributed by atoms with E-state index >= 15 is 0 Å². The maximum absolute atomic E-state index is 11.9. The number of rotatable bonds is 5.